The van der Waals surface area contributed by atoms with Crippen LogP contribution in [0.4, 0.5) is 0 Å². The molecule has 6 heteroatoms. The van der Waals surface area contributed by atoms with Crippen LogP contribution in [-0.4, -0.2) is 15.9 Å². The molecule has 0 aliphatic heterocycles. The predicted octanol–water partition coefficient (Wildman–Crippen LogP) is 5.34. The maximum absolute atomic E-state index is 12.8. The number of benzene rings is 2. The van der Waals surface area contributed by atoms with Gasteiger partial charge in [0.15, 0.2) is 0 Å². The number of aromatic nitrogens is 2. The Balaban J connectivity index is 1.47. The number of rotatable bonds is 8. The number of nitrogens with zero attached hydrogens (tertiary/aromatic N) is 2. The van der Waals surface area contributed by atoms with E-state index in [2.05, 4.69) is 15.3 Å². The van der Waals surface area contributed by atoms with E-state index in [9.17, 15) is 4.79 Å². The summed E-state index contributed by atoms with van der Waals surface area (Å²) in [7, 11) is 0. The zero-order chi connectivity index (χ0) is 22.2. The highest BCUT2D eigenvalue weighted by atomic mass is 32.1. The summed E-state index contributed by atoms with van der Waals surface area (Å²) in [5, 5.41) is 6.06. The van der Waals surface area contributed by atoms with Crippen molar-refractivity contribution in [2.75, 3.05) is 0 Å². The number of carbonyl (C=O) groups is 1. The summed E-state index contributed by atoms with van der Waals surface area (Å²) in [6.07, 6.45) is 5.01. The molecule has 4 aromatic rings. The van der Waals surface area contributed by atoms with Crippen molar-refractivity contribution in [2.45, 2.75) is 19.6 Å². The molecule has 1 amide bonds. The largest absolute Gasteiger partial charge is 0.487 e. The number of hydrogen-bond acceptors (Lipinski definition) is 5. The first-order valence-electron chi connectivity index (χ1n) is 10.3. The molecule has 2 heterocycles. The third kappa shape index (κ3) is 5.68. The van der Waals surface area contributed by atoms with E-state index in [1.165, 1.54) is 6.08 Å². The maximum Gasteiger partial charge on any atom is 0.244 e. The summed E-state index contributed by atoms with van der Waals surface area (Å²) in [6.45, 7) is 2.36. The van der Waals surface area contributed by atoms with Gasteiger partial charge in [0.05, 0.1) is 22.4 Å². The molecule has 0 bridgehead atoms. The molecule has 0 radical (unpaired) electrons. The average Bonchev–Trinajstić information content (AvgIpc) is 3.26. The van der Waals surface area contributed by atoms with Crippen molar-refractivity contribution in [1.29, 1.82) is 0 Å². The van der Waals surface area contributed by atoms with E-state index in [1.54, 1.807) is 23.6 Å². The summed E-state index contributed by atoms with van der Waals surface area (Å²) < 4.78 is 5.94. The van der Waals surface area contributed by atoms with Gasteiger partial charge in [0.2, 0.25) is 5.91 Å². The van der Waals surface area contributed by atoms with Crippen LogP contribution in [0.25, 0.3) is 6.08 Å². The number of hydrogen-bond donors (Lipinski definition) is 1. The van der Waals surface area contributed by atoms with Gasteiger partial charge in [-0.3, -0.25) is 9.78 Å². The van der Waals surface area contributed by atoms with Crippen LogP contribution in [0.5, 0.6) is 5.75 Å². The van der Waals surface area contributed by atoms with Gasteiger partial charge in [-0.15, -0.1) is 11.3 Å². The van der Waals surface area contributed by atoms with E-state index in [0.717, 1.165) is 27.5 Å². The van der Waals surface area contributed by atoms with Crippen LogP contribution in [-0.2, 0) is 11.4 Å². The molecule has 0 saturated heterocycles. The number of thiazole rings is 1. The van der Waals surface area contributed by atoms with Crippen molar-refractivity contribution in [3.63, 3.8) is 0 Å². The smallest absolute Gasteiger partial charge is 0.244 e. The van der Waals surface area contributed by atoms with Crippen molar-refractivity contribution < 1.29 is 9.53 Å². The van der Waals surface area contributed by atoms with Crippen LogP contribution in [0.2, 0.25) is 0 Å². The number of nitrogens with one attached hydrogen (secondary N) is 1. The third-order valence-electron chi connectivity index (χ3n) is 4.78. The molecule has 0 saturated carbocycles. The molecule has 0 spiro atoms. The zero-order valence-electron chi connectivity index (χ0n) is 17.6. The molecule has 4 rings (SSSR count). The Labute approximate surface area is 191 Å². The van der Waals surface area contributed by atoms with Gasteiger partial charge in [-0.2, -0.15) is 0 Å². The van der Waals surface area contributed by atoms with Crippen LogP contribution in [0.15, 0.2) is 90.4 Å². The first kappa shape index (κ1) is 21.5. The molecule has 0 aliphatic carbocycles. The Morgan fingerprint density at radius 2 is 1.84 bits per heavy atom. The van der Waals surface area contributed by atoms with Crippen LogP contribution < -0.4 is 10.1 Å². The first-order valence-corrected chi connectivity index (χ1v) is 11.1. The van der Waals surface area contributed by atoms with E-state index in [-0.39, 0.29) is 11.9 Å². The minimum atomic E-state index is -0.339. The van der Waals surface area contributed by atoms with E-state index >= 15 is 0 Å². The van der Waals surface area contributed by atoms with Crippen molar-refractivity contribution in [1.82, 2.24) is 15.3 Å². The summed E-state index contributed by atoms with van der Waals surface area (Å²) in [4.78, 5) is 21.6. The topological polar surface area (TPSA) is 64.1 Å². The quantitative estimate of drug-likeness (QED) is 0.375. The number of aryl methyl sites for hydroxylation is 1. The van der Waals surface area contributed by atoms with Gasteiger partial charge in [0, 0.05) is 23.2 Å². The second kappa shape index (κ2) is 10.5. The SMILES string of the molecule is Cc1nc(COc2ccccc2/C=C/C(=O)NC(c2ccccc2)c2ccccn2)cs1. The second-order valence-electron chi connectivity index (χ2n) is 7.12. The van der Waals surface area contributed by atoms with Crippen molar-refractivity contribution >= 4 is 23.3 Å². The van der Waals surface area contributed by atoms with Crippen LogP contribution >= 0.6 is 11.3 Å². The normalized spacial score (nSPS) is 11.9. The Kier molecular flexibility index (Phi) is 7.05. The zero-order valence-corrected chi connectivity index (χ0v) is 18.5. The first-order chi connectivity index (χ1) is 15.7. The fraction of sp³-hybridized carbons (Fsp3) is 0.115. The molecule has 0 aliphatic rings. The number of para-hydroxylation sites is 1. The maximum atomic E-state index is 12.8. The fourth-order valence-electron chi connectivity index (χ4n) is 3.25. The standard InChI is InChI=1S/C26H23N3O2S/c1-19-28-22(18-32-19)17-31-24-13-6-5-9-20(24)14-15-25(30)29-26(21-10-3-2-4-11-21)23-12-7-8-16-27-23/h2-16,18,26H,17H2,1H3,(H,29,30)/b15-14+. The predicted molar refractivity (Wildman–Crippen MR) is 127 cm³/mol. The molecule has 2 aromatic carbocycles. The molecule has 0 fully saturated rings. The number of ether oxygens (including phenoxy) is 1. The van der Waals surface area contributed by atoms with Gasteiger partial charge < -0.3 is 10.1 Å². The monoisotopic (exact) mass is 441 g/mol. The summed E-state index contributed by atoms with van der Waals surface area (Å²) in [5.41, 5.74) is 3.46. The summed E-state index contributed by atoms with van der Waals surface area (Å²) in [6, 6.07) is 22.8. The molecule has 1 unspecified atom stereocenters. The minimum Gasteiger partial charge on any atom is -0.487 e. The Morgan fingerprint density at radius 3 is 2.59 bits per heavy atom. The minimum absolute atomic E-state index is 0.213. The lowest BCUT2D eigenvalue weighted by Gasteiger charge is -2.18. The third-order valence-corrected chi connectivity index (χ3v) is 5.60. The van der Waals surface area contributed by atoms with Gasteiger partial charge in [0.25, 0.3) is 0 Å². The molecule has 5 nitrogen and oxygen atoms in total. The summed E-state index contributed by atoms with van der Waals surface area (Å²) >= 11 is 1.60. The molecule has 1 atom stereocenters. The van der Waals surface area contributed by atoms with Gasteiger partial charge >= 0.3 is 0 Å². The Hall–Kier alpha value is -3.77. The number of amides is 1. The highest BCUT2D eigenvalue weighted by Crippen LogP contribution is 2.22. The van der Waals surface area contributed by atoms with E-state index < -0.39 is 0 Å². The van der Waals surface area contributed by atoms with Crippen LogP contribution in [0, 0.1) is 6.92 Å². The van der Waals surface area contributed by atoms with Crippen molar-refractivity contribution in [3.05, 3.63) is 118 Å². The van der Waals surface area contributed by atoms with Crippen LogP contribution in [0.3, 0.4) is 0 Å². The lowest BCUT2D eigenvalue weighted by Crippen LogP contribution is -2.28. The molecule has 1 N–H and O–H groups in total. The molecule has 32 heavy (non-hydrogen) atoms. The van der Waals surface area contributed by atoms with Crippen molar-refractivity contribution in [2.24, 2.45) is 0 Å². The van der Waals surface area contributed by atoms with Gasteiger partial charge in [-0.05, 0) is 36.8 Å². The van der Waals surface area contributed by atoms with E-state index in [0.29, 0.717) is 12.4 Å². The van der Waals surface area contributed by atoms with E-state index in [4.69, 9.17) is 4.74 Å². The number of pyridine rings is 1. The molecular weight excluding hydrogens is 418 g/mol. The fourth-order valence-corrected chi connectivity index (χ4v) is 3.85. The molecule has 2 aromatic heterocycles. The Morgan fingerprint density at radius 1 is 1.06 bits per heavy atom. The molecule has 160 valence electrons. The molecular formula is C26H23N3O2S. The lowest BCUT2D eigenvalue weighted by atomic mass is 10.0. The van der Waals surface area contributed by atoms with Crippen molar-refractivity contribution in [3.8, 4) is 5.75 Å². The van der Waals surface area contributed by atoms with Gasteiger partial charge in [0.1, 0.15) is 12.4 Å². The van der Waals surface area contributed by atoms with Crippen LogP contribution in [0.1, 0.15) is 33.6 Å². The average molecular weight is 442 g/mol. The second-order valence-corrected chi connectivity index (χ2v) is 8.19. The number of carbonyl (C=O) groups excluding carboxylic acids is 1. The lowest BCUT2D eigenvalue weighted by molar-refractivity contribution is -0.116. The van der Waals surface area contributed by atoms with Gasteiger partial charge in [-0.1, -0.05) is 54.6 Å². The highest BCUT2D eigenvalue weighted by Gasteiger charge is 2.16. The highest BCUT2D eigenvalue weighted by molar-refractivity contribution is 7.09. The summed E-state index contributed by atoms with van der Waals surface area (Å²) in [5.74, 6) is 0.487. The van der Waals surface area contributed by atoms with Gasteiger partial charge in [-0.25, -0.2) is 4.98 Å². The van der Waals surface area contributed by atoms with E-state index in [1.807, 2.05) is 85.1 Å². The Bertz CT molecular complexity index is 1150.